The molecule has 2 N–H and O–H groups in total. The molecule has 0 heterocycles. The molecule has 6 nitrogen and oxygen atoms in total. The van der Waals surface area contributed by atoms with Crippen LogP contribution < -0.4 is 9.47 Å². The number of hydrogen-bond acceptors (Lipinski definition) is 6. The summed E-state index contributed by atoms with van der Waals surface area (Å²) in [5, 5.41) is 17.8. The largest absolute Gasteiger partial charge is 0.487 e. The van der Waals surface area contributed by atoms with Crippen LogP contribution in [0.2, 0.25) is 0 Å². The van der Waals surface area contributed by atoms with E-state index in [2.05, 4.69) is 57.2 Å². The summed E-state index contributed by atoms with van der Waals surface area (Å²) in [7, 11) is 0. The zero-order valence-corrected chi connectivity index (χ0v) is 20.5. The van der Waals surface area contributed by atoms with E-state index in [1.54, 1.807) is 0 Å². The van der Waals surface area contributed by atoms with Crippen LogP contribution in [0.3, 0.4) is 0 Å². The average molecular weight is 461 g/mol. The quantitative estimate of drug-likeness (QED) is 0.385. The molecule has 2 aromatic carbocycles. The monoisotopic (exact) mass is 460 g/mol. The molecule has 0 saturated carbocycles. The average Bonchev–Trinajstić information content (AvgIpc) is 2.78. The lowest BCUT2D eigenvalue weighted by Gasteiger charge is -2.28. The Morgan fingerprint density at radius 2 is 1.36 bits per heavy atom. The Balaban J connectivity index is 2.32. The van der Waals surface area contributed by atoms with Gasteiger partial charge in [0, 0.05) is 5.92 Å². The van der Waals surface area contributed by atoms with Crippen molar-refractivity contribution in [2.24, 2.45) is 5.41 Å². The van der Waals surface area contributed by atoms with Crippen molar-refractivity contribution < 1.29 is 29.2 Å². The van der Waals surface area contributed by atoms with Crippen molar-refractivity contribution in [1.82, 2.24) is 0 Å². The van der Waals surface area contributed by atoms with Gasteiger partial charge in [-0.1, -0.05) is 57.2 Å². The Labute approximate surface area is 198 Å². The van der Waals surface area contributed by atoms with Crippen LogP contribution in [0.1, 0.15) is 49.8 Å². The summed E-state index contributed by atoms with van der Waals surface area (Å²) in [6.45, 7) is 10.9. The van der Waals surface area contributed by atoms with Gasteiger partial charge in [0.2, 0.25) is 0 Å². The predicted molar refractivity (Wildman–Crippen MR) is 130 cm³/mol. The van der Waals surface area contributed by atoms with E-state index in [9.17, 15) is 0 Å². The standard InChI is InChI=1S/C27H40O6/c1-21-18-23(24(20-27(2,3)4)22-8-6-5-7-9-22)19-25(32-16-14-30-12-10-28)26(21)33-17-15-31-13-11-29/h5-9,18-19,24,28-29H,10-17,20H2,1-4H3. The molecular formula is C27H40O6. The van der Waals surface area contributed by atoms with Crippen molar-refractivity contribution in [2.75, 3.05) is 52.9 Å². The lowest BCUT2D eigenvalue weighted by atomic mass is 9.77. The minimum absolute atomic E-state index is 0.00935. The summed E-state index contributed by atoms with van der Waals surface area (Å²) in [5.41, 5.74) is 3.60. The van der Waals surface area contributed by atoms with E-state index >= 15 is 0 Å². The van der Waals surface area contributed by atoms with Gasteiger partial charge in [0.05, 0.1) is 39.6 Å². The molecular weight excluding hydrogens is 420 g/mol. The van der Waals surface area contributed by atoms with Crippen molar-refractivity contribution in [3.8, 4) is 11.5 Å². The van der Waals surface area contributed by atoms with Crippen molar-refractivity contribution in [1.29, 1.82) is 0 Å². The first kappa shape index (κ1) is 27.1. The summed E-state index contributed by atoms with van der Waals surface area (Å²) in [6.07, 6.45) is 0.991. The van der Waals surface area contributed by atoms with Crippen LogP contribution in [0.25, 0.3) is 0 Å². The Morgan fingerprint density at radius 3 is 1.94 bits per heavy atom. The molecule has 0 aromatic heterocycles. The van der Waals surface area contributed by atoms with Crippen molar-refractivity contribution in [2.45, 2.75) is 40.0 Å². The maximum Gasteiger partial charge on any atom is 0.164 e. The number of aliphatic hydroxyl groups is 2. The molecule has 0 spiro atoms. The molecule has 0 fully saturated rings. The van der Waals surface area contributed by atoms with E-state index in [0.717, 1.165) is 12.0 Å². The van der Waals surface area contributed by atoms with Crippen molar-refractivity contribution in [3.05, 3.63) is 59.2 Å². The molecule has 0 aliphatic carbocycles. The number of hydrogen-bond donors (Lipinski definition) is 2. The van der Waals surface area contributed by atoms with Gasteiger partial charge in [0.25, 0.3) is 0 Å². The zero-order valence-electron chi connectivity index (χ0n) is 20.5. The minimum atomic E-state index is -0.0116. The van der Waals surface area contributed by atoms with E-state index in [4.69, 9.17) is 29.2 Å². The van der Waals surface area contributed by atoms with Gasteiger partial charge in [0.15, 0.2) is 11.5 Å². The van der Waals surface area contributed by atoms with Gasteiger partial charge in [0.1, 0.15) is 13.2 Å². The molecule has 0 aliphatic rings. The van der Waals surface area contributed by atoms with Crippen LogP contribution in [0.4, 0.5) is 0 Å². The van der Waals surface area contributed by atoms with Gasteiger partial charge in [-0.05, 0) is 41.5 Å². The van der Waals surface area contributed by atoms with E-state index in [1.807, 2.05) is 13.0 Å². The second kappa shape index (κ2) is 14.2. The second-order valence-corrected chi connectivity index (χ2v) is 9.26. The van der Waals surface area contributed by atoms with Gasteiger partial charge >= 0.3 is 0 Å². The molecule has 0 saturated heterocycles. The maximum absolute atomic E-state index is 8.91. The number of benzene rings is 2. The fraction of sp³-hybridized carbons (Fsp3) is 0.556. The third-order valence-corrected chi connectivity index (χ3v) is 5.11. The Kier molecular flexibility index (Phi) is 11.7. The van der Waals surface area contributed by atoms with Crippen LogP contribution in [-0.2, 0) is 9.47 Å². The highest BCUT2D eigenvalue weighted by Gasteiger charge is 2.24. The topological polar surface area (TPSA) is 77.4 Å². The highest BCUT2D eigenvalue weighted by Crippen LogP contribution is 2.41. The van der Waals surface area contributed by atoms with Gasteiger partial charge in [-0.25, -0.2) is 0 Å². The molecule has 6 heteroatoms. The van der Waals surface area contributed by atoms with Crippen LogP contribution >= 0.6 is 0 Å². The van der Waals surface area contributed by atoms with Crippen molar-refractivity contribution >= 4 is 0 Å². The van der Waals surface area contributed by atoms with Crippen LogP contribution in [0, 0.1) is 12.3 Å². The van der Waals surface area contributed by atoms with Gasteiger partial charge in [-0.3, -0.25) is 0 Å². The third kappa shape index (κ3) is 9.72. The molecule has 0 amide bonds. The summed E-state index contributed by atoms with van der Waals surface area (Å²) in [4.78, 5) is 0. The molecule has 0 radical (unpaired) electrons. The van der Waals surface area contributed by atoms with E-state index in [0.29, 0.717) is 44.5 Å². The number of ether oxygens (including phenoxy) is 4. The summed E-state index contributed by atoms with van der Waals surface area (Å²) in [5.74, 6) is 1.59. The number of aliphatic hydroxyl groups excluding tert-OH is 2. The first-order valence-electron chi connectivity index (χ1n) is 11.7. The Hall–Kier alpha value is -2.12. The molecule has 0 aliphatic heterocycles. The number of aryl methyl sites for hydroxylation is 1. The second-order valence-electron chi connectivity index (χ2n) is 9.26. The van der Waals surface area contributed by atoms with Gasteiger partial charge < -0.3 is 29.2 Å². The van der Waals surface area contributed by atoms with E-state index < -0.39 is 0 Å². The van der Waals surface area contributed by atoms with E-state index in [1.165, 1.54) is 11.1 Å². The Morgan fingerprint density at radius 1 is 0.758 bits per heavy atom. The smallest absolute Gasteiger partial charge is 0.164 e. The number of rotatable bonds is 15. The lowest BCUT2D eigenvalue weighted by molar-refractivity contribution is 0.0643. The fourth-order valence-corrected chi connectivity index (χ4v) is 3.73. The van der Waals surface area contributed by atoms with Crippen LogP contribution in [0.5, 0.6) is 11.5 Å². The third-order valence-electron chi connectivity index (χ3n) is 5.11. The molecule has 0 bridgehead atoms. The van der Waals surface area contributed by atoms with Gasteiger partial charge in [-0.15, -0.1) is 0 Å². The molecule has 33 heavy (non-hydrogen) atoms. The first-order valence-corrected chi connectivity index (χ1v) is 11.7. The maximum atomic E-state index is 8.91. The minimum Gasteiger partial charge on any atom is -0.487 e. The van der Waals surface area contributed by atoms with Crippen LogP contribution in [0.15, 0.2) is 42.5 Å². The van der Waals surface area contributed by atoms with E-state index in [-0.39, 0.29) is 31.2 Å². The SMILES string of the molecule is Cc1cc(C(CC(C)(C)C)c2ccccc2)cc(OCCOCCO)c1OCCOCCO. The molecule has 2 rings (SSSR count). The van der Waals surface area contributed by atoms with Crippen LogP contribution in [-0.4, -0.2) is 63.1 Å². The highest BCUT2D eigenvalue weighted by molar-refractivity contribution is 5.51. The summed E-state index contributed by atoms with van der Waals surface area (Å²) in [6, 6.07) is 14.8. The zero-order chi connectivity index (χ0) is 24.1. The normalized spacial score (nSPS) is 12.5. The molecule has 1 unspecified atom stereocenters. The lowest BCUT2D eigenvalue weighted by Crippen LogP contribution is -2.15. The van der Waals surface area contributed by atoms with Gasteiger partial charge in [-0.2, -0.15) is 0 Å². The Bertz CT molecular complexity index is 800. The molecule has 1 atom stereocenters. The highest BCUT2D eigenvalue weighted by atomic mass is 16.6. The summed E-state index contributed by atoms with van der Waals surface area (Å²) >= 11 is 0. The summed E-state index contributed by atoms with van der Waals surface area (Å²) < 4.78 is 22.8. The molecule has 184 valence electrons. The fourth-order valence-electron chi connectivity index (χ4n) is 3.73. The first-order chi connectivity index (χ1) is 15.9. The molecule has 2 aromatic rings. The predicted octanol–water partition coefficient (Wildman–Crippen LogP) is 4.34. The van der Waals surface area contributed by atoms with Crippen molar-refractivity contribution in [3.63, 3.8) is 0 Å².